The van der Waals surface area contributed by atoms with Gasteiger partial charge in [-0.15, -0.1) is 0 Å². The maximum absolute atomic E-state index is 13.1. The van der Waals surface area contributed by atoms with Crippen LogP contribution in [0.15, 0.2) is 36.4 Å². The van der Waals surface area contributed by atoms with Crippen molar-refractivity contribution in [1.29, 1.82) is 0 Å². The number of anilines is 3. The highest BCUT2D eigenvalue weighted by molar-refractivity contribution is 6.12. The number of hydrogen-bond acceptors (Lipinski definition) is 6. The van der Waals surface area contributed by atoms with Gasteiger partial charge in [0.1, 0.15) is 5.69 Å². The van der Waals surface area contributed by atoms with E-state index in [9.17, 15) is 14.4 Å². The third-order valence-electron chi connectivity index (χ3n) is 8.09. The maximum Gasteiger partial charge on any atom is 0.257 e. The molecule has 210 valence electrons. The Labute approximate surface area is 232 Å². The Morgan fingerprint density at radius 2 is 1.79 bits per heavy atom. The first-order chi connectivity index (χ1) is 18.7. The molecule has 0 saturated carbocycles. The Bertz CT molecular complexity index is 1190. The Kier molecular flexibility index (Phi) is 9.38. The van der Waals surface area contributed by atoms with Gasteiger partial charge in [0.25, 0.3) is 5.91 Å². The molecule has 39 heavy (non-hydrogen) atoms. The van der Waals surface area contributed by atoms with Crippen LogP contribution in [-0.4, -0.2) is 65.1 Å². The van der Waals surface area contributed by atoms with Gasteiger partial charge in [-0.3, -0.25) is 19.3 Å². The molecule has 1 saturated heterocycles. The molecule has 0 atom stereocenters. The Morgan fingerprint density at radius 1 is 1.05 bits per heavy atom. The van der Waals surface area contributed by atoms with Gasteiger partial charge in [-0.05, 0) is 82.3 Å². The summed E-state index contributed by atoms with van der Waals surface area (Å²) in [5.41, 5.74) is 1.88. The maximum atomic E-state index is 13.1. The summed E-state index contributed by atoms with van der Waals surface area (Å²) in [4.78, 5) is 47.4. The summed E-state index contributed by atoms with van der Waals surface area (Å²) in [5.74, 6) is 1.17. The van der Waals surface area contributed by atoms with E-state index >= 15 is 0 Å². The normalized spacial score (nSPS) is 15.9. The van der Waals surface area contributed by atoms with Gasteiger partial charge in [0.05, 0.1) is 23.5 Å². The molecule has 2 N–H and O–H groups in total. The number of carbonyl (C=O) groups is 3. The second-order valence-corrected chi connectivity index (χ2v) is 11.5. The zero-order chi connectivity index (χ0) is 28.0. The van der Waals surface area contributed by atoms with Crippen molar-refractivity contribution in [3.8, 4) is 0 Å². The number of Topliss-reactive ketones (excluding diaryl/α,β-unsaturated/α-hetero) is 1. The molecule has 4 rings (SSSR count). The lowest BCUT2D eigenvalue weighted by molar-refractivity contribution is -0.140. The van der Waals surface area contributed by atoms with Crippen LogP contribution >= 0.6 is 0 Å². The van der Waals surface area contributed by atoms with E-state index in [1.54, 1.807) is 18.2 Å². The van der Waals surface area contributed by atoms with E-state index in [1.165, 1.54) is 0 Å². The van der Waals surface area contributed by atoms with Crippen LogP contribution in [0, 0.1) is 11.3 Å². The lowest BCUT2D eigenvalue weighted by Crippen LogP contribution is -2.41. The van der Waals surface area contributed by atoms with Crippen molar-refractivity contribution in [3.63, 3.8) is 0 Å². The second-order valence-electron chi connectivity index (χ2n) is 11.5. The van der Waals surface area contributed by atoms with Crippen LogP contribution in [0.5, 0.6) is 0 Å². The van der Waals surface area contributed by atoms with Gasteiger partial charge < -0.3 is 15.5 Å². The van der Waals surface area contributed by atoms with Crippen LogP contribution in [0.25, 0.3) is 0 Å². The number of rotatable bonds is 11. The molecule has 3 heterocycles. The summed E-state index contributed by atoms with van der Waals surface area (Å²) < 4.78 is 0. The highest BCUT2D eigenvalue weighted by atomic mass is 16.2. The van der Waals surface area contributed by atoms with E-state index in [0.29, 0.717) is 40.9 Å². The third kappa shape index (κ3) is 7.04. The molecule has 2 aliphatic rings. The van der Waals surface area contributed by atoms with Crippen molar-refractivity contribution in [2.24, 2.45) is 11.3 Å². The molecule has 2 amide bonds. The van der Waals surface area contributed by atoms with Crippen molar-refractivity contribution in [2.75, 3.05) is 43.4 Å². The highest BCUT2D eigenvalue weighted by Gasteiger charge is 2.30. The molecule has 1 aromatic carbocycles. The van der Waals surface area contributed by atoms with Gasteiger partial charge in [-0.25, -0.2) is 4.98 Å². The SMILES string of the molecule is CCCC(C)(C)C(=O)N(CC)CCCC1CCN(CC(=O)c2ccc3c(n2)Nc2ccccc2C(=O)N3)CC1. The molecule has 0 unspecified atom stereocenters. The number of ketones is 1. The number of likely N-dealkylation sites (tertiary alicyclic amines) is 1. The van der Waals surface area contributed by atoms with Gasteiger partial charge in [0.2, 0.25) is 5.91 Å². The molecule has 8 heteroatoms. The number of nitrogens with zero attached hydrogens (tertiary/aromatic N) is 3. The number of piperidine rings is 1. The van der Waals surface area contributed by atoms with Gasteiger partial charge >= 0.3 is 0 Å². The summed E-state index contributed by atoms with van der Waals surface area (Å²) >= 11 is 0. The third-order valence-corrected chi connectivity index (χ3v) is 8.09. The lowest BCUT2D eigenvalue weighted by atomic mass is 9.86. The van der Waals surface area contributed by atoms with Crippen LogP contribution < -0.4 is 10.6 Å². The number of carbonyl (C=O) groups excluding carboxylic acids is 3. The predicted molar refractivity (Wildman–Crippen MR) is 156 cm³/mol. The first kappa shape index (κ1) is 28.7. The minimum absolute atomic E-state index is 0.0197. The number of fused-ring (bicyclic) bond motifs is 2. The fraction of sp³-hybridized carbons (Fsp3) is 0.548. The van der Waals surface area contributed by atoms with E-state index in [0.717, 1.165) is 64.7 Å². The van der Waals surface area contributed by atoms with Crippen molar-refractivity contribution in [2.45, 2.75) is 66.2 Å². The van der Waals surface area contributed by atoms with Gasteiger partial charge in [-0.2, -0.15) is 0 Å². The summed E-state index contributed by atoms with van der Waals surface area (Å²) in [6.45, 7) is 12.0. The Hall–Kier alpha value is -3.26. The molecule has 8 nitrogen and oxygen atoms in total. The number of pyridine rings is 1. The van der Waals surface area contributed by atoms with E-state index in [-0.39, 0.29) is 23.0 Å². The molecule has 1 fully saturated rings. The van der Waals surface area contributed by atoms with Gasteiger partial charge in [0, 0.05) is 18.5 Å². The average molecular weight is 534 g/mol. The smallest absolute Gasteiger partial charge is 0.257 e. The van der Waals surface area contributed by atoms with Crippen molar-refractivity contribution in [3.05, 3.63) is 47.7 Å². The first-order valence-corrected chi connectivity index (χ1v) is 14.4. The Balaban J connectivity index is 1.25. The second kappa shape index (κ2) is 12.7. The zero-order valence-electron chi connectivity index (χ0n) is 23.9. The molecule has 2 aliphatic heterocycles. The van der Waals surface area contributed by atoms with Crippen LogP contribution in [0.1, 0.15) is 87.1 Å². The average Bonchev–Trinajstić information content (AvgIpc) is 3.06. The molecule has 0 bridgehead atoms. The molecule has 0 aliphatic carbocycles. The number of nitrogens with one attached hydrogen (secondary N) is 2. The van der Waals surface area contributed by atoms with Crippen molar-refractivity contribution in [1.82, 2.24) is 14.8 Å². The van der Waals surface area contributed by atoms with Crippen LogP contribution in [-0.2, 0) is 4.79 Å². The van der Waals surface area contributed by atoms with Gasteiger partial charge in [-0.1, -0.05) is 39.3 Å². The van der Waals surface area contributed by atoms with Crippen molar-refractivity contribution < 1.29 is 14.4 Å². The number of para-hydroxylation sites is 1. The van der Waals surface area contributed by atoms with Crippen LogP contribution in [0.4, 0.5) is 17.2 Å². The first-order valence-electron chi connectivity index (χ1n) is 14.4. The minimum Gasteiger partial charge on any atom is -0.343 e. The van der Waals surface area contributed by atoms with E-state index in [4.69, 9.17) is 0 Å². The Morgan fingerprint density at radius 3 is 2.51 bits per heavy atom. The topological polar surface area (TPSA) is 94.6 Å². The molecular formula is C31H43N5O3. The van der Waals surface area contributed by atoms with Crippen LogP contribution in [0.3, 0.4) is 0 Å². The monoisotopic (exact) mass is 533 g/mol. The van der Waals surface area contributed by atoms with E-state index < -0.39 is 0 Å². The standard InChI is InChI=1S/C31H43N5O3/c1-5-17-31(3,4)30(39)36(6-2)18-9-10-22-15-19-35(20-16-22)21-27(37)25-13-14-26-28(33-25)32-24-12-8-7-11-23(24)29(38)34-26/h7-8,11-14,22H,5-6,9-10,15-21H2,1-4H3,(H,32,33)(H,34,38). The molecule has 1 aromatic heterocycles. The molecule has 2 aromatic rings. The number of benzene rings is 1. The predicted octanol–water partition coefficient (Wildman–Crippen LogP) is 5.74. The molecule has 0 radical (unpaired) electrons. The van der Waals surface area contributed by atoms with E-state index in [2.05, 4.69) is 48.2 Å². The van der Waals surface area contributed by atoms with E-state index in [1.807, 2.05) is 23.1 Å². The highest BCUT2D eigenvalue weighted by Crippen LogP contribution is 2.31. The molecule has 0 spiro atoms. The minimum atomic E-state index is -0.288. The zero-order valence-corrected chi connectivity index (χ0v) is 23.9. The summed E-state index contributed by atoms with van der Waals surface area (Å²) in [5, 5.41) is 6.08. The van der Waals surface area contributed by atoms with Crippen LogP contribution in [0.2, 0.25) is 0 Å². The fourth-order valence-electron chi connectivity index (χ4n) is 5.77. The number of aromatic nitrogens is 1. The van der Waals surface area contributed by atoms with Gasteiger partial charge in [0.15, 0.2) is 11.6 Å². The number of hydrogen-bond donors (Lipinski definition) is 2. The van der Waals surface area contributed by atoms with Crippen molar-refractivity contribution >= 4 is 34.8 Å². The summed E-state index contributed by atoms with van der Waals surface area (Å²) in [6, 6.07) is 10.7. The summed E-state index contributed by atoms with van der Waals surface area (Å²) in [6.07, 6.45) is 6.21. The largest absolute Gasteiger partial charge is 0.343 e. The summed E-state index contributed by atoms with van der Waals surface area (Å²) in [7, 11) is 0. The quantitative estimate of drug-likeness (QED) is 0.358. The fourth-order valence-corrected chi connectivity index (χ4v) is 5.77. The lowest BCUT2D eigenvalue weighted by Gasteiger charge is -2.33. The number of amides is 2. The molecular weight excluding hydrogens is 490 g/mol.